The zero-order valence-electron chi connectivity index (χ0n) is 15.5. The van der Waals surface area contributed by atoms with Crippen molar-refractivity contribution >= 4 is 17.7 Å². The van der Waals surface area contributed by atoms with Gasteiger partial charge in [-0.2, -0.15) is 0 Å². The molecule has 0 saturated carbocycles. The molecule has 0 N–H and O–H groups in total. The van der Waals surface area contributed by atoms with Gasteiger partial charge in [0.05, 0.1) is 5.56 Å². The first-order chi connectivity index (χ1) is 13.1. The first-order valence-electron chi connectivity index (χ1n) is 8.70. The molecule has 0 aliphatic carbocycles. The maximum atomic E-state index is 12.6. The number of hydrogen-bond donors (Lipinski definition) is 0. The lowest BCUT2D eigenvalue weighted by molar-refractivity contribution is 0.0451. The number of carbonyl (C=O) groups is 1. The molecule has 0 amide bonds. The summed E-state index contributed by atoms with van der Waals surface area (Å²) >= 11 is 1.44. The predicted molar refractivity (Wildman–Crippen MR) is 102 cm³/mol. The number of rotatable bonds is 7. The second-order valence-electron chi connectivity index (χ2n) is 6.10. The van der Waals surface area contributed by atoms with Gasteiger partial charge in [-0.1, -0.05) is 24.8 Å². The van der Waals surface area contributed by atoms with E-state index in [1.807, 2.05) is 13.0 Å². The van der Waals surface area contributed by atoms with E-state index >= 15 is 0 Å². The van der Waals surface area contributed by atoms with Crippen LogP contribution in [0.15, 0.2) is 46.5 Å². The lowest BCUT2D eigenvalue weighted by Gasteiger charge is -2.09. The third-order valence-corrected chi connectivity index (χ3v) is 5.07. The number of aromatic nitrogens is 5. The SMILES string of the molecule is CCCn1nnnc1COC(=O)c1cccnc1Sc1ccc(C)c(C)c1. The van der Waals surface area contributed by atoms with Crippen molar-refractivity contribution in [2.24, 2.45) is 0 Å². The maximum absolute atomic E-state index is 12.6. The Bertz CT molecular complexity index is 941. The number of benzene rings is 1. The molecule has 0 fully saturated rings. The van der Waals surface area contributed by atoms with Crippen molar-refractivity contribution in [3.05, 3.63) is 59.0 Å². The van der Waals surface area contributed by atoms with Crippen molar-refractivity contribution < 1.29 is 9.53 Å². The van der Waals surface area contributed by atoms with Gasteiger partial charge in [0, 0.05) is 17.6 Å². The van der Waals surface area contributed by atoms with Crippen molar-refractivity contribution in [3.8, 4) is 0 Å². The van der Waals surface area contributed by atoms with E-state index in [0.29, 0.717) is 23.0 Å². The molecule has 0 aliphatic heterocycles. The Kier molecular flexibility index (Phi) is 6.18. The van der Waals surface area contributed by atoms with Gasteiger partial charge >= 0.3 is 5.97 Å². The fraction of sp³-hybridized carbons (Fsp3) is 0.316. The minimum atomic E-state index is -0.444. The molecule has 140 valence electrons. The molecule has 1 aromatic carbocycles. The number of aryl methyl sites for hydroxylation is 3. The van der Waals surface area contributed by atoms with Crippen LogP contribution in [0, 0.1) is 13.8 Å². The number of ether oxygens (including phenoxy) is 1. The minimum absolute atomic E-state index is 0.0223. The second kappa shape index (κ2) is 8.77. The van der Waals surface area contributed by atoms with Gasteiger partial charge in [-0.05, 0) is 66.1 Å². The van der Waals surface area contributed by atoms with E-state index in [1.54, 1.807) is 23.0 Å². The molecule has 2 aromatic heterocycles. The highest BCUT2D eigenvalue weighted by atomic mass is 32.2. The van der Waals surface area contributed by atoms with Crippen LogP contribution in [0.3, 0.4) is 0 Å². The highest BCUT2D eigenvalue weighted by molar-refractivity contribution is 7.99. The van der Waals surface area contributed by atoms with Gasteiger partial charge in [0.25, 0.3) is 0 Å². The van der Waals surface area contributed by atoms with Crippen molar-refractivity contribution in [2.75, 3.05) is 0 Å². The van der Waals surface area contributed by atoms with E-state index in [1.165, 1.54) is 22.9 Å². The first-order valence-corrected chi connectivity index (χ1v) is 9.52. The highest BCUT2D eigenvalue weighted by Crippen LogP contribution is 2.30. The van der Waals surface area contributed by atoms with Crippen LogP contribution in [0.4, 0.5) is 0 Å². The van der Waals surface area contributed by atoms with E-state index in [2.05, 4.69) is 46.5 Å². The van der Waals surface area contributed by atoms with Gasteiger partial charge in [-0.3, -0.25) is 0 Å². The summed E-state index contributed by atoms with van der Waals surface area (Å²) in [6.45, 7) is 6.87. The Balaban J connectivity index is 1.73. The Hall–Kier alpha value is -2.74. The number of pyridine rings is 1. The van der Waals surface area contributed by atoms with E-state index in [4.69, 9.17) is 4.74 Å². The average molecular weight is 383 g/mol. The van der Waals surface area contributed by atoms with Gasteiger partial charge in [-0.25, -0.2) is 14.5 Å². The first kappa shape index (κ1) is 19.0. The van der Waals surface area contributed by atoms with Gasteiger partial charge < -0.3 is 4.74 Å². The van der Waals surface area contributed by atoms with Crippen LogP contribution in [0.25, 0.3) is 0 Å². The van der Waals surface area contributed by atoms with Crippen LogP contribution in [0.5, 0.6) is 0 Å². The summed E-state index contributed by atoms with van der Waals surface area (Å²) in [4.78, 5) is 18.0. The fourth-order valence-electron chi connectivity index (χ4n) is 2.44. The molecule has 0 radical (unpaired) electrons. The lowest BCUT2D eigenvalue weighted by Crippen LogP contribution is -2.12. The summed E-state index contributed by atoms with van der Waals surface area (Å²) in [5, 5.41) is 12.1. The normalized spacial score (nSPS) is 10.8. The third-order valence-electron chi connectivity index (χ3n) is 4.06. The summed E-state index contributed by atoms with van der Waals surface area (Å²) in [6, 6.07) is 9.61. The largest absolute Gasteiger partial charge is 0.454 e. The average Bonchev–Trinajstić information content (AvgIpc) is 3.11. The van der Waals surface area contributed by atoms with E-state index in [-0.39, 0.29) is 6.61 Å². The standard InChI is InChI=1S/C19H21N5O2S/c1-4-10-24-17(21-22-23-24)12-26-19(25)16-6-5-9-20-18(16)27-15-8-7-13(2)14(3)11-15/h5-9,11H,4,10,12H2,1-3H3. The van der Waals surface area contributed by atoms with Crippen molar-refractivity contribution in [2.45, 2.75) is 50.3 Å². The van der Waals surface area contributed by atoms with Gasteiger partial charge in [0.1, 0.15) is 5.03 Å². The molecule has 0 atom stereocenters. The molecule has 0 spiro atoms. The molecule has 8 heteroatoms. The highest BCUT2D eigenvalue weighted by Gasteiger charge is 2.17. The Morgan fingerprint density at radius 1 is 1.22 bits per heavy atom. The number of carbonyl (C=O) groups excluding carboxylic acids is 1. The van der Waals surface area contributed by atoms with Crippen LogP contribution in [-0.2, 0) is 17.9 Å². The van der Waals surface area contributed by atoms with Crippen molar-refractivity contribution in [3.63, 3.8) is 0 Å². The van der Waals surface area contributed by atoms with Gasteiger partial charge in [0.15, 0.2) is 12.4 Å². The Morgan fingerprint density at radius 3 is 2.85 bits per heavy atom. The smallest absolute Gasteiger partial charge is 0.341 e. The van der Waals surface area contributed by atoms with Crippen LogP contribution < -0.4 is 0 Å². The number of hydrogen-bond acceptors (Lipinski definition) is 7. The molecule has 0 aliphatic rings. The topological polar surface area (TPSA) is 82.8 Å². The molecule has 7 nitrogen and oxygen atoms in total. The van der Waals surface area contributed by atoms with Gasteiger partial charge in [-0.15, -0.1) is 5.10 Å². The lowest BCUT2D eigenvalue weighted by atomic mass is 10.1. The molecule has 2 heterocycles. The summed E-state index contributed by atoms with van der Waals surface area (Å²) in [6.07, 6.45) is 2.56. The van der Waals surface area contributed by atoms with Crippen LogP contribution in [-0.4, -0.2) is 31.2 Å². The van der Waals surface area contributed by atoms with E-state index in [9.17, 15) is 4.79 Å². The molecule has 3 rings (SSSR count). The number of tetrazole rings is 1. The van der Waals surface area contributed by atoms with Gasteiger partial charge in [0.2, 0.25) is 0 Å². The number of esters is 1. The monoisotopic (exact) mass is 383 g/mol. The molecular weight excluding hydrogens is 362 g/mol. The molecule has 3 aromatic rings. The van der Waals surface area contributed by atoms with Crippen LogP contribution >= 0.6 is 11.8 Å². The summed E-state index contributed by atoms with van der Waals surface area (Å²) in [7, 11) is 0. The van der Waals surface area contributed by atoms with Crippen molar-refractivity contribution in [1.29, 1.82) is 0 Å². The van der Waals surface area contributed by atoms with E-state index in [0.717, 1.165) is 11.3 Å². The molecule has 27 heavy (non-hydrogen) atoms. The second-order valence-corrected chi connectivity index (χ2v) is 7.16. The Morgan fingerprint density at radius 2 is 2.07 bits per heavy atom. The van der Waals surface area contributed by atoms with Crippen LogP contribution in [0.1, 0.15) is 40.7 Å². The fourth-order valence-corrected chi connectivity index (χ4v) is 3.41. The van der Waals surface area contributed by atoms with E-state index < -0.39 is 5.97 Å². The third kappa shape index (κ3) is 4.71. The Labute approximate surface area is 162 Å². The zero-order chi connectivity index (χ0) is 19.2. The summed E-state index contributed by atoms with van der Waals surface area (Å²) in [5.41, 5.74) is 2.85. The number of nitrogens with zero attached hydrogens (tertiary/aromatic N) is 5. The van der Waals surface area contributed by atoms with Crippen LogP contribution in [0.2, 0.25) is 0 Å². The summed E-state index contributed by atoms with van der Waals surface area (Å²) < 4.78 is 7.07. The molecular formula is C19H21N5O2S. The molecule has 0 saturated heterocycles. The van der Waals surface area contributed by atoms with Crippen molar-refractivity contribution in [1.82, 2.24) is 25.2 Å². The molecule has 0 unspecified atom stereocenters. The molecule has 0 bridgehead atoms. The quantitative estimate of drug-likeness (QED) is 0.576. The maximum Gasteiger partial charge on any atom is 0.341 e. The minimum Gasteiger partial charge on any atom is -0.454 e. The summed E-state index contributed by atoms with van der Waals surface area (Å²) in [5.74, 6) is 0.0814. The zero-order valence-corrected chi connectivity index (χ0v) is 16.4. The predicted octanol–water partition coefficient (Wildman–Crippen LogP) is 3.60.